The molecule has 1 aliphatic carbocycles. The molecule has 0 atom stereocenters. The average Bonchev–Trinajstić information content (AvgIpc) is 2.81. The van der Waals surface area contributed by atoms with E-state index in [4.69, 9.17) is 11.6 Å². The Hall–Kier alpha value is -0.540. The smallest absolute Gasteiger partial charge is 0.224 e. The van der Waals surface area contributed by atoms with Crippen LogP contribution in [0.1, 0.15) is 31.2 Å². The van der Waals surface area contributed by atoms with Gasteiger partial charge in [-0.25, -0.2) is 0 Å². The minimum absolute atomic E-state index is 0.0433. The summed E-state index contributed by atoms with van der Waals surface area (Å²) < 4.78 is 0. The first-order valence-corrected chi connectivity index (χ1v) is 7.75. The molecule has 1 N–H and O–H groups in total. The zero-order valence-electron chi connectivity index (χ0n) is 10.2. The van der Waals surface area contributed by atoms with Gasteiger partial charge in [-0.05, 0) is 24.5 Å². The molecule has 0 spiro atoms. The molecule has 0 radical (unpaired) electrons. The molecular formula is C14H17BrClNO. The fourth-order valence-electron chi connectivity index (χ4n) is 2.50. The summed E-state index contributed by atoms with van der Waals surface area (Å²) in [6.45, 7) is 0. The van der Waals surface area contributed by atoms with E-state index in [1.54, 1.807) is 0 Å². The normalized spacial score (nSPS) is 17.7. The van der Waals surface area contributed by atoms with Gasteiger partial charge < -0.3 is 5.32 Å². The van der Waals surface area contributed by atoms with Gasteiger partial charge in [0.05, 0.1) is 6.42 Å². The Balaban J connectivity index is 1.98. The van der Waals surface area contributed by atoms with E-state index < -0.39 is 0 Å². The summed E-state index contributed by atoms with van der Waals surface area (Å²) in [5.41, 5.74) is 0.845. The molecule has 1 amide bonds. The average molecular weight is 331 g/mol. The lowest BCUT2D eigenvalue weighted by Crippen LogP contribution is -2.48. The third-order valence-electron chi connectivity index (χ3n) is 3.53. The largest absolute Gasteiger partial charge is 0.350 e. The highest BCUT2D eigenvalue weighted by Gasteiger charge is 2.34. The predicted molar refractivity (Wildman–Crippen MR) is 78.3 cm³/mol. The SMILES string of the molecule is O=C(Cc1ccccc1Cl)NC1(CBr)CCCC1. The summed E-state index contributed by atoms with van der Waals surface area (Å²) in [5, 5.41) is 4.66. The third kappa shape index (κ3) is 3.27. The second-order valence-electron chi connectivity index (χ2n) is 4.94. The molecule has 2 nitrogen and oxygen atoms in total. The van der Waals surface area contributed by atoms with Crippen molar-refractivity contribution in [2.75, 3.05) is 5.33 Å². The standard InChI is InChI=1S/C14H17BrClNO/c15-10-14(7-3-4-8-14)17-13(18)9-11-5-1-2-6-12(11)16/h1-2,5-6H,3-4,7-10H2,(H,17,18). The van der Waals surface area contributed by atoms with E-state index in [1.807, 2.05) is 24.3 Å². The summed E-state index contributed by atoms with van der Waals surface area (Å²) in [7, 11) is 0. The van der Waals surface area contributed by atoms with Crippen LogP contribution in [0.3, 0.4) is 0 Å². The number of amides is 1. The van der Waals surface area contributed by atoms with Crippen LogP contribution >= 0.6 is 27.5 Å². The van der Waals surface area contributed by atoms with Gasteiger partial charge in [-0.15, -0.1) is 0 Å². The number of hydrogen-bond donors (Lipinski definition) is 1. The molecule has 0 aromatic heterocycles. The van der Waals surface area contributed by atoms with Crippen LogP contribution < -0.4 is 5.32 Å². The molecule has 1 aliphatic rings. The van der Waals surface area contributed by atoms with E-state index in [1.165, 1.54) is 12.8 Å². The molecule has 0 heterocycles. The maximum absolute atomic E-state index is 12.1. The fraction of sp³-hybridized carbons (Fsp3) is 0.500. The quantitative estimate of drug-likeness (QED) is 0.838. The number of alkyl halides is 1. The van der Waals surface area contributed by atoms with E-state index in [9.17, 15) is 4.79 Å². The predicted octanol–water partition coefficient (Wildman–Crippen LogP) is 3.71. The van der Waals surface area contributed by atoms with Gasteiger partial charge in [-0.2, -0.15) is 0 Å². The van der Waals surface area contributed by atoms with Gasteiger partial charge in [0.25, 0.3) is 0 Å². The molecule has 2 rings (SSSR count). The Labute approximate surface area is 121 Å². The Morgan fingerprint density at radius 1 is 1.33 bits per heavy atom. The number of carbonyl (C=O) groups is 1. The Bertz CT molecular complexity index is 430. The first-order valence-electron chi connectivity index (χ1n) is 6.26. The highest BCUT2D eigenvalue weighted by Crippen LogP contribution is 2.31. The van der Waals surface area contributed by atoms with Gasteiger partial charge in [0.2, 0.25) is 5.91 Å². The van der Waals surface area contributed by atoms with Crippen LogP contribution in [-0.4, -0.2) is 16.8 Å². The van der Waals surface area contributed by atoms with E-state index in [0.717, 1.165) is 23.7 Å². The number of rotatable bonds is 4. The van der Waals surface area contributed by atoms with Gasteiger partial charge in [0.1, 0.15) is 0 Å². The van der Waals surface area contributed by atoms with Crippen LogP contribution in [0, 0.1) is 0 Å². The zero-order valence-corrected chi connectivity index (χ0v) is 12.6. The van der Waals surface area contributed by atoms with Gasteiger partial charge in [0, 0.05) is 15.9 Å². The van der Waals surface area contributed by atoms with Crippen LogP contribution in [0.2, 0.25) is 5.02 Å². The maximum Gasteiger partial charge on any atom is 0.224 e. The van der Waals surface area contributed by atoms with Crippen molar-refractivity contribution in [2.24, 2.45) is 0 Å². The molecule has 98 valence electrons. The van der Waals surface area contributed by atoms with Crippen molar-refractivity contribution in [3.05, 3.63) is 34.9 Å². The molecule has 4 heteroatoms. The Morgan fingerprint density at radius 2 is 2.00 bits per heavy atom. The topological polar surface area (TPSA) is 29.1 Å². The lowest BCUT2D eigenvalue weighted by atomic mass is 10.00. The minimum Gasteiger partial charge on any atom is -0.350 e. The first-order chi connectivity index (χ1) is 8.65. The first kappa shape index (κ1) is 13.9. The van der Waals surface area contributed by atoms with Crippen molar-refractivity contribution >= 4 is 33.4 Å². The molecule has 1 aromatic rings. The molecule has 0 bridgehead atoms. The van der Waals surface area contributed by atoms with E-state index in [2.05, 4.69) is 21.2 Å². The van der Waals surface area contributed by atoms with E-state index >= 15 is 0 Å². The molecule has 0 aliphatic heterocycles. The molecule has 18 heavy (non-hydrogen) atoms. The second-order valence-corrected chi connectivity index (χ2v) is 5.91. The van der Waals surface area contributed by atoms with Crippen molar-refractivity contribution in [2.45, 2.75) is 37.6 Å². The maximum atomic E-state index is 12.1. The van der Waals surface area contributed by atoms with Crippen LogP contribution in [0.5, 0.6) is 0 Å². The number of halogens is 2. The highest BCUT2D eigenvalue weighted by molar-refractivity contribution is 9.09. The van der Waals surface area contributed by atoms with Crippen molar-refractivity contribution in [3.63, 3.8) is 0 Å². The molecule has 1 saturated carbocycles. The highest BCUT2D eigenvalue weighted by atomic mass is 79.9. The van der Waals surface area contributed by atoms with Crippen LogP contribution in [0.15, 0.2) is 24.3 Å². The number of benzene rings is 1. The number of hydrogen-bond acceptors (Lipinski definition) is 1. The van der Waals surface area contributed by atoms with Crippen LogP contribution in [0.4, 0.5) is 0 Å². The van der Waals surface area contributed by atoms with Gasteiger partial charge in [-0.3, -0.25) is 4.79 Å². The summed E-state index contributed by atoms with van der Waals surface area (Å²) in [6, 6.07) is 7.50. The van der Waals surface area contributed by atoms with E-state index in [0.29, 0.717) is 11.4 Å². The Morgan fingerprint density at radius 3 is 2.61 bits per heavy atom. The summed E-state index contributed by atoms with van der Waals surface area (Å²) in [6.07, 6.45) is 4.86. The minimum atomic E-state index is -0.0433. The zero-order chi connectivity index (χ0) is 13.0. The second kappa shape index (κ2) is 6.07. The molecule has 0 unspecified atom stereocenters. The van der Waals surface area contributed by atoms with Gasteiger partial charge in [-0.1, -0.05) is 58.6 Å². The molecule has 1 aromatic carbocycles. The molecular weight excluding hydrogens is 314 g/mol. The van der Waals surface area contributed by atoms with Crippen molar-refractivity contribution in [3.8, 4) is 0 Å². The fourth-order valence-corrected chi connectivity index (χ4v) is 3.40. The monoisotopic (exact) mass is 329 g/mol. The van der Waals surface area contributed by atoms with Gasteiger partial charge >= 0.3 is 0 Å². The van der Waals surface area contributed by atoms with E-state index in [-0.39, 0.29) is 11.4 Å². The lowest BCUT2D eigenvalue weighted by molar-refractivity contribution is -0.122. The van der Waals surface area contributed by atoms with Crippen LogP contribution in [-0.2, 0) is 11.2 Å². The summed E-state index contributed by atoms with van der Waals surface area (Å²) in [4.78, 5) is 12.1. The van der Waals surface area contributed by atoms with Crippen LogP contribution in [0.25, 0.3) is 0 Å². The van der Waals surface area contributed by atoms with Crippen molar-refractivity contribution in [1.82, 2.24) is 5.32 Å². The molecule has 0 saturated heterocycles. The van der Waals surface area contributed by atoms with Crippen molar-refractivity contribution < 1.29 is 4.79 Å². The van der Waals surface area contributed by atoms with Gasteiger partial charge in [0.15, 0.2) is 0 Å². The molecule has 1 fully saturated rings. The lowest BCUT2D eigenvalue weighted by Gasteiger charge is -2.28. The summed E-state index contributed by atoms with van der Waals surface area (Å²) >= 11 is 9.59. The third-order valence-corrected chi connectivity index (χ3v) is 4.97. The number of nitrogens with one attached hydrogen (secondary N) is 1. The summed E-state index contributed by atoms with van der Waals surface area (Å²) in [5.74, 6) is 0.0597. The van der Waals surface area contributed by atoms with Crippen molar-refractivity contribution in [1.29, 1.82) is 0 Å². The Kier molecular flexibility index (Phi) is 4.68. The number of carbonyl (C=O) groups excluding carboxylic acids is 1.